The zero-order valence-electron chi connectivity index (χ0n) is 12.7. The fraction of sp³-hybridized carbons (Fsp3) is 0.294. The average Bonchev–Trinajstić information content (AvgIpc) is 2.47. The highest BCUT2D eigenvalue weighted by Crippen LogP contribution is 2.39. The van der Waals surface area contributed by atoms with E-state index in [1.807, 2.05) is 30.3 Å². The van der Waals surface area contributed by atoms with Crippen LogP contribution in [0.5, 0.6) is 5.75 Å². The van der Waals surface area contributed by atoms with Crippen molar-refractivity contribution in [3.63, 3.8) is 0 Å². The second-order valence-electron chi connectivity index (χ2n) is 5.99. The number of benzene rings is 1. The number of nitrogens with zero attached hydrogens (tertiary/aromatic N) is 1. The zero-order valence-corrected chi connectivity index (χ0v) is 13.5. The lowest BCUT2D eigenvalue weighted by atomic mass is 9.90. The molecule has 0 bridgehead atoms. The molecule has 0 spiro atoms. The number of rotatable bonds is 2. The number of thiocarbonyl (C=S) groups is 1. The van der Waals surface area contributed by atoms with Crippen molar-refractivity contribution in [2.24, 2.45) is 0 Å². The van der Waals surface area contributed by atoms with Gasteiger partial charge in [-0.25, -0.2) is 0 Å². The van der Waals surface area contributed by atoms with Crippen LogP contribution in [0.25, 0.3) is 0 Å². The number of aromatic nitrogens is 1. The molecule has 0 saturated carbocycles. The Balaban J connectivity index is 1.75. The Labute approximate surface area is 135 Å². The maximum atomic E-state index is 6.04. The third kappa shape index (κ3) is 3.36. The summed E-state index contributed by atoms with van der Waals surface area (Å²) in [6.07, 6.45) is 4.32. The number of para-hydroxylation sites is 1. The van der Waals surface area contributed by atoms with Crippen LogP contribution in [-0.2, 0) is 0 Å². The van der Waals surface area contributed by atoms with Crippen molar-refractivity contribution in [3.8, 4) is 5.75 Å². The van der Waals surface area contributed by atoms with E-state index >= 15 is 0 Å². The Morgan fingerprint density at radius 1 is 1.23 bits per heavy atom. The van der Waals surface area contributed by atoms with Crippen LogP contribution in [0.15, 0.2) is 48.8 Å². The number of hydrogen-bond acceptors (Lipinski definition) is 3. The van der Waals surface area contributed by atoms with Gasteiger partial charge in [0.2, 0.25) is 0 Å². The van der Waals surface area contributed by atoms with Crippen LogP contribution in [-0.4, -0.2) is 15.7 Å². The van der Waals surface area contributed by atoms with E-state index in [4.69, 9.17) is 17.0 Å². The summed E-state index contributed by atoms with van der Waals surface area (Å²) in [4.78, 5) is 4.00. The zero-order chi connectivity index (χ0) is 15.6. The molecule has 0 fully saturated rings. The molecule has 1 aliphatic heterocycles. The van der Waals surface area contributed by atoms with Crippen molar-refractivity contribution in [2.75, 3.05) is 5.32 Å². The summed E-state index contributed by atoms with van der Waals surface area (Å²) in [5.41, 5.74) is 1.84. The normalized spacial score (nSPS) is 18.7. The third-order valence-electron chi connectivity index (χ3n) is 3.62. The van der Waals surface area contributed by atoms with Crippen molar-refractivity contribution in [3.05, 3.63) is 54.4 Å². The second-order valence-corrected chi connectivity index (χ2v) is 6.40. The fourth-order valence-corrected chi connectivity index (χ4v) is 2.95. The average molecular weight is 313 g/mol. The lowest BCUT2D eigenvalue weighted by Crippen LogP contribution is -2.42. The fourth-order valence-electron chi connectivity index (χ4n) is 2.69. The highest BCUT2D eigenvalue weighted by Gasteiger charge is 2.33. The van der Waals surface area contributed by atoms with Gasteiger partial charge < -0.3 is 15.4 Å². The highest BCUT2D eigenvalue weighted by atomic mass is 32.1. The maximum Gasteiger partial charge on any atom is 0.171 e. The van der Waals surface area contributed by atoms with Crippen molar-refractivity contribution in [2.45, 2.75) is 31.9 Å². The monoisotopic (exact) mass is 313 g/mol. The van der Waals surface area contributed by atoms with E-state index in [2.05, 4.69) is 35.5 Å². The van der Waals surface area contributed by atoms with Gasteiger partial charge in [0.1, 0.15) is 11.4 Å². The van der Waals surface area contributed by atoms with Gasteiger partial charge in [0, 0.05) is 30.1 Å². The predicted molar refractivity (Wildman–Crippen MR) is 92.1 cm³/mol. The van der Waals surface area contributed by atoms with Crippen LogP contribution in [0.1, 0.15) is 31.9 Å². The van der Waals surface area contributed by atoms with E-state index in [0.29, 0.717) is 5.11 Å². The van der Waals surface area contributed by atoms with E-state index in [0.717, 1.165) is 23.4 Å². The van der Waals surface area contributed by atoms with E-state index < -0.39 is 0 Å². The topological polar surface area (TPSA) is 46.2 Å². The minimum Gasteiger partial charge on any atom is -0.487 e. The summed E-state index contributed by atoms with van der Waals surface area (Å²) in [6.45, 7) is 4.19. The van der Waals surface area contributed by atoms with Crippen LogP contribution in [0, 0.1) is 0 Å². The third-order valence-corrected chi connectivity index (χ3v) is 3.84. The summed E-state index contributed by atoms with van der Waals surface area (Å²) in [5, 5.41) is 7.19. The van der Waals surface area contributed by atoms with Crippen LogP contribution in [0.4, 0.5) is 5.69 Å². The Bertz CT molecular complexity index is 673. The first kappa shape index (κ1) is 14.8. The number of hydrogen-bond donors (Lipinski definition) is 2. The second kappa shape index (κ2) is 5.93. The van der Waals surface area contributed by atoms with Crippen molar-refractivity contribution in [1.29, 1.82) is 0 Å². The van der Waals surface area contributed by atoms with Crippen LogP contribution >= 0.6 is 12.2 Å². The molecule has 2 N–H and O–H groups in total. The molecule has 3 rings (SSSR count). The molecule has 0 radical (unpaired) electrons. The SMILES string of the molecule is CC1(C)C[C@@H](NC(=S)Nc2ccncc2)c2ccccc2O1. The first-order valence-electron chi connectivity index (χ1n) is 7.29. The van der Waals surface area contributed by atoms with Gasteiger partial charge in [-0.15, -0.1) is 0 Å². The molecule has 1 atom stereocenters. The molecule has 4 nitrogen and oxygen atoms in total. The van der Waals surface area contributed by atoms with Gasteiger partial charge in [0.15, 0.2) is 5.11 Å². The lowest BCUT2D eigenvalue weighted by Gasteiger charge is -2.38. The summed E-state index contributed by atoms with van der Waals surface area (Å²) < 4.78 is 6.04. The molecule has 0 saturated heterocycles. The molecule has 1 aliphatic rings. The van der Waals surface area contributed by atoms with E-state index in [-0.39, 0.29) is 11.6 Å². The van der Waals surface area contributed by atoms with Crippen LogP contribution in [0.2, 0.25) is 0 Å². The van der Waals surface area contributed by atoms with Crippen molar-refractivity contribution >= 4 is 23.0 Å². The van der Waals surface area contributed by atoms with Crippen LogP contribution in [0.3, 0.4) is 0 Å². The molecule has 1 aromatic carbocycles. The smallest absolute Gasteiger partial charge is 0.171 e. The summed E-state index contributed by atoms with van der Waals surface area (Å²) in [5.74, 6) is 0.919. The maximum absolute atomic E-state index is 6.04. The number of anilines is 1. The Morgan fingerprint density at radius 3 is 2.73 bits per heavy atom. The number of ether oxygens (including phenoxy) is 1. The molecule has 0 unspecified atom stereocenters. The molecule has 2 heterocycles. The Kier molecular flexibility index (Phi) is 3.98. The minimum atomic E-state index is -0.224. The summed E-state index contributed by atoms with van der Waals surface area (Å²) in [6, 6.07) is 12.0. The quantitative estimate of drug-likeness (QED) is 0.828. The van der Waals surface area contributed by atoms with Gasteiger partial charge in [-0.2, -0.15) is 0 Å². The van der Waals surface area contributed by atoms with E-state index in [9.17, 15) is 0 Å². The molecule has 0 aliphatic carbocycles. The standard InChI is InChI=1S/C17H19N3OS/c1-17(2)11-14(13-5-3-4-6-15(13)21-17)20-16(22)19-12-7-9-18-10-8-12/h3-10,14H,11H2,1-2H3,(H2,18,19,20,22)/t14-/m1/s1. The van der Waals surface area contributed by atoms with Gasteiger partial charge in [0.05, 0.1) is 6.04 Å². The van der Waals surface area contributed by atoms with Crippen LogP contribution < -0.4 is 15.4 Å². The highest BCUT2D eigenvalue weighted by molar-refractivity contribution is 7.80. The predicted octanol–water partition coefficient (Wildman–Crippen LogP) is 3.67. The van der Waals surface area contributed by atoms with E-state index in [1.165, 1.54) is 0 Å². The molecule has 1 aromatic heterocycles. The lowest BCUT2D eigenvalue weighted by molar-refractivity contribution is 0.0697. The molecule has 5 heteroatoms. The van der Waals surface area contributed by atoms with Gasteiger partial charge in [-0.05, 0) is 44.3 Å². The molecule has 0 amide bonds. The Hall–Kier alpha value is -2.14. The number of fused-ring (bicyclic) bond motifs is 1. The van der Waals surface area contributed by atoms with Gasteiger partial charge in [-0.3, -0.25) is 4.98 Å². The first-order chi connectivity index (χ1) is 10.5. The van der Waals surface area contributed by atoms with Crippen molar-refractivity contribution in [1.82, 2.24) is 10.3 Å². The number of nitrogens with one attached hydrogen (secondary N) is 2. The summed E-state index contributed by atoms with van der Waals surface area (Å²) >= 11 is 5.44. The van der Waals surface area contributed by atoms with Gasteiger partial charge in [-0.1, -0.05) is 18.2 Å². The molecular weight excluding hydrogens is 294 g/mol. The minimum absolute atomic E-state index is 0.127. The van der Waals surface area contributed by atoms with Gasteiger partial charge in [0.25, 0.3) is 0 Å². The van der Waals surface area contributed by atoms with E-state index in [1.54, 1.807) is 12.4 Å². The number of pyridine rings is 1. The first-order valence-corrected chi connectivity index (χ1v) is 7.70. The van der Waals surface area contributed by atoms with Gasteiger partial charge >= 0.3 is 0 Å². The molecular formula is C17H19N3OS. The molecule has 114 valence electrons. The summed E-state index contributed by atoms with van der Waals surface area (Å²) in [7, 11) is 0. The largest absolute Gasteiger partial charge is 0.487 e. The van der Waals surface area contributed by atoms with Crippen molar-refractivity contribution < 1.29 is 4.74 Å². The molecule has 2 aromatic rings. The Morgan fingerprint density at radius 2 is 1.95 bits per heavy atom. The molecule has 22 heavy (non-hydrogen) atoms.